The molecule has 0 atom stereocenters. The number of carbonyl (C=O) groups excluding carboxylic acids is 1. The Hall–Kier alpha value is -2.36. The molecule has 1 amide bonds. The second-order valence-corrected chi connectivity index (χ2v) is 4.66. The first kappa shape index (κ1) is 14.1. The Balaban J connectivity index is 2.15. The molecular weight excluding hydrogens is 250 g/mol. The van der Waals surface area contributed by atoms with E-state index in [9.17, 15) is 4.79 Å². The molecule has 4 nitrogen and oxygen atoms in total. The Kier molecular flexibility index (Phi) is 4.71. The number of amides is 1. The monoisotopic (exact) mass is 269 g/mol. The van der Waals surface area contributed by atoms with E-state index in [1.165, 1.54) is 0 Å². The van der Waals surface area contributed by atoms with E-state index >= 15 is 0 Å². The van der Waals surface area contributed by atoms with Crippen molar-refractivity contribution < 1.29 is 4.79 Å². The lowest BCUT2D eigenvalue weighted by atomic mass is 10.0. The van der Waals surface area contributed by atoms with E-state index in [-0.39, 0.29) is 5.91 Å². The maximum Gasteiger partial charge on any atom is 0.251 e. The SMILES string of the molecule is CCCCNC(=O)c1cccc(-c2ccc(N)nc2)c1. The molecular formula is C16H19N3O. The Morgan fingerprint density at radius 2 is 2.10 bits per heavy atom. The number of benzene rings is 1. The average molecular weight is 269 g/mol. The van der Waals surface area contributed by atoms with Gasteiger partial charge in [-0.05, 0) is 36.2 Å². The standard InChI is InChI=1S/C16H19N3O/c1-2-3-9-18-16(20)13-6-4-5-12(10-13)14-7-8-15(17)19-11-14/h4-8,10-11H,2-3,9H2,1H3,(H2,17,19)(H,18,20). The molecule has 0 bridgehead atoms. The predicted octanol–water partition coefficient (Wildman–Crippen LogP) is 2.86. The molecule has 1 aromatic heterocycles. The van der Waals surface area contributed by atoms with Crippen LogP contribution in [0.1, 0.15) is 30.1 Å². The van der Waals surface area contributed by atoms with E-state index in [4.69, 9.17) is 5.73 Å². The number of aromatic nitrogens is 1. The second kappa shape index (κ2) is 6.70. The minimum atomic E-state index is -0.0382. The molecule has 3 N–H and O–H groups in total. The topological polar surface area (TPSA) is 68.0 Å². The number of unbranched alkanes of at least 4 members (excludes halogenated alkanes) is 1. The molecule has 0 unspecified atom stereocenters. The fourth-order valence-electron chi connectivity index (χ4n) is 1.90. The lowest BCUT2D eigenvalue weighted by molar-refractivity contribution is 0.0953. The minimum Gasteiger partial charge on any atom is -0.384 e. The van der Waals surface area contributed by atoms with E-state index in [0.717, 1.165) is 24.0 Å². The van der Waals surface area contributed by atoms with Crippen molar-refractivity contribution in [2.75, 3.05) is 12.3 Å². The van der Waals surface area contributed by atoms with Gasteiger partial charge in [0.15, 0.2) is 0 Å². The lowest BCUT2D eigenvalue weighted by Gasteiger charge is -2.07. The van der Waals surface area contributed by atoms with Gasteiger partial charge in [0.25, 0.3) is 5.91 Å². The van der Waals surface area contributed by atoms with Crippen LogP contribution < -0.4 is 11.1 Å². The molecule has 0 fully saturated rings. The van der Waals surface area contributed by atoms with Crippen molar-refractivity contribution in [3.05, 3.63) is 48.2 Å². The second-order valence-electron chi connectivity index (χ2n) is 4.66. The molecule has 0 saturated heterocycles. The predicted molar refractivity (Wildman–Crippen MR) is 81.3 cm³/mol. The first-order valence-corrected chi connectivity index (χ1v) is 6.81. The number of anilines is 1. The summed E-state index contributed by atoms with van der Waals surface area (Å²) in [5.41, 5.74) is 8.14. The Bertz CT molecular complexity index is 579. The van der Waals surface area contributed by atoms with Gasteiger partial charge in [-0.25, -0.2) is 4.98 Å². The van der Waals surface area contributed by atoms with Crippen LogP contribution in [-0.4, -0.2) is 17.4 Å². The van der Waals surface area contributed by atoms with Crippen molar-refractivity contribution in [1.29, 1.82) is 0 Å². The van der Waals surface area contributed by atoms with Crippen molar-refractivity contribution >= 4 is 11.7 Å². The number of nitrogen functional groups attached to an aromatic ring is 1. The third-order valence-corrected chi connectivity index (χ3v) is 3.06. The Labute approximate surface area is 119 Å². The van der Waals surface area contributed by atoms with Gasteiger partial charge in [0, 0.05) is 23.9 Å². The maximum atomic E-state index is 12.0. The number of nitrogens with zero attached hydrogens (tertiary/aromatic N) is 1. The zero-order chi connectivity index (χ0) is 14.4. The molecule has 0 saturated carbocycles. The van der Waals surface area contributed by atoms with E-state index in [1.54, 1.807) is 12.3 Å². The number of nitrogens with one attached hydrogen (secondary N) is 1. The Morgan fingerprint density at radius 1 is 1.25 bits per heavy atom. The van der Waals surface area contributed by atoms with Gasteiger partial charge in [-0.15, -0.1) is 0 Å². The van der Waals surface area contributed by atoms with E-state index in [1.807, 2.05) is 30.3 Å². The maximum absolute atomic E-state index is 12.0. The number of pyridine rings is 1. The van der Waals surface area contributed by atoms with Gasteiger partial charge in [-0.3, -0.25) is 4.79 Å². The van der Waals surface area contributed by atoms with Crippen molar-refractivity contribution in [2.24, 2.45) is 0 Å². The molecule has 2 aromatic rings. The van der Waals surface area contributed by atoms with Crippen LogP contribution in [0.5, 0.6) is 0 Å². The largest absolute Gasteiger partial charge is 0.384 e. The van der Waals surface area contributed by atoms with Crippen LogP contribution in [0.2, 0.25) is 0 Å². The van der Waals surface area contributed by atoms with Crippen LogP contribution in [0, 0.1) is 0 Å². The fourth-order valence-corrected chi connectivity index (χ4v) is 1.90. The van der Waals surface area contributed by atoms with Crippen LogP contribution in [0.4, 0.5) is 5.82 Å². The summed E-state index contributed by atoms with van der Waals surface area (Å²) in [4.78, 5) is 16.1. The van der Waals surface area contributed by atoms with Crippen LogP contribution in [0.15, 0.2) is 42.6 Å². The van der Waals surface area contributed by atoms with Crippen molar-refractivity contribution in [3.63, 3.8) is 0 Å². The van der Waals surface area contributed by atoms with E-state index in [0.29, 0.717) is 17.9 Å². The first-order valence-electron chi connectivity index (χ1n) is 6.81. The average Bonchev–Trinajstić information content (AvgIpc) is 2.48. The summed E-state index contributed by atoms with van der Waals surface area (Å²) in [6.07, 6.45) is 3.77. The summed E-state index contributed by atoms with van der Waals surface area (Å²) in [5, 5.41) is 2.91. The van der Waals surface area contributed by atoms with E-state index < -0.39 is 0 Å². The number of hydrogen-bond acceptors (Lipinski definition) is 3. The third kappa shape index (κ3) is 3.57. The van der Waals surface area contributed by atoms with Crippen LogP contribution in [0.3, 0.4) is 0 Å². The van der Waals surface area contributed by atoms with Crippen LogP contribution in [-0.2, 0) is 0 Å². The number of hydrogen-bond donors (Lipinski definition) is 2. The first-order chi connectivity index (χ1) is 9.70. The molecule has 0 aliphatic heterocycles. The molecule has 0 spiro atoms. The van der Waals surface area contributed by atoms with Crippen molar-refractivity contribution in [2.45, 2.75) is 19.8 Å². The number of nitrogens with two attached hydrogens (primary N) is 1. The highest BCUT2D eigenvalue weighted by molar-refractivity contribution is 5.95. The van der Waals surface area contributed by atoms with Gasteiger partial charge in [0.1, 0.15) is 5.82 Å². The van der Waals surface area contributed by atoms with Gasteiger partial charge in [-0.2, -0.15) is 0 Å². The zero-order valence-electron chi connectivity index (χ0n) is 11.6. The zero-order valence-corrected chi connectivity index (χ0v) is 11.6. The van der Waals surface area contributed by atoms with E-state index in [2.05, 4.69) is 17.2 Å². The lowest BCUT2D eigenvalue weighted by Crippen LogP contribution is -2.24. The normalized spacial score (nSPS) is 10.2. The summed E-state index contributed by atoms with van der Waals surface area (Å²) >= 11 is 0. The van der Waals surface area contributed by atoms with Gasteiger partial charge in [-0.1, -0.05) is 25.5 Å². The quantitative estimate of drug-likeness (QED) is 0.820. The highest BCUT2D eigenvalue weighted by Crippen LogP contribution is 2.20. The Morgan fingerprint density at radius 3 is 2.80 bits per heavy atom. The van der Waals surface area contributed by atoms with Crippen LogP contribution >= 0.6 is 0 Å². The fraction of sp³-hybridized carbons (Fsp3) is 0.250. The molecule has 1 aromatic carbocycles. The van der Waals surface area contributed by atoms with Gasteiger partial charge in [0.2, 0.25) is 0 Å². The summed E-state index contributed by atoms with van der Waals surface area (Å²) in [6, 6.07) is 11.2. The number of carbonyl (C=O) groups is 1. The van der Waals surface area contributed by atoms with Crippen molar-refractivity contribution in [3.8, 4) is 11.1 Å². The molecule has 20 heavy (non-hydrogen) atoms. The summed E-state index contributed by atoms with van der Waals surface area (Å²) in [6.45, 7) is 2.81. The molecule has 1 heterocycles. The van der Waals surface area contributed by atoms with Crippen LogP contribution in [0.25, 0.3) is 11.1 Å². The molecule has 104 valence electrons. The highest BCUT2D eigenvalue weighted by atomic mass is 16.1. The molecule has 4 heteroatoms. The summed E-state index contributed by atoms with van der Waals surface area (Å²) in [7, 11) is 0. The van der Waals surface area contributed by atoms with Gasteiger partial charge < -0.3 is 11.1 Å². The van der Waals surface area contributed by atoms with Gasteiger partial charge >= 0.3 is 0 Å². The molecule has 0 aliphatic carbocycles. The molecule has 0 radical (unpaired) electrons. The summed E-state index contributed by atoms with van der Waals surface area (Å²) in [5.74, 6) is 0.450. The highest BCUT2D eigenvalue weighted by Gasteiger charge is 2.06. The molecule has 0 aliphatic rings. The van der Waals surface area contributed by atoms with Crippen molar-refractivity contribution in [1.82, 2.24) is 10.3 Å². The molecule has 2 rings (SSSR count). The number of rotatable bonds is 5. The third-order valence-electron chi connectivity index (χ3n) is 3.06. The smallest absolute Gasteiger partial charge is 0.251 e. The minimum absolute atomic E-state index is 0.0382. The summed E-state index contributed by atoms with van der Waals surface area (Å²) < 4.78 is 0. The van der Waals surface area contributed by atoms with Gasteiger partial charge in [0.05, 0.1) is 0 Å².